The van der Waals surface area contributed by atoms with Crippen molar-refractivity contribution in [3.63, 3.8) is 0 Å². The highest BCUT2D eigenvalue weighted by Gasteiger charge is 2.11. The summed E-state index contributed by atoms with van der Waals surface area (Å²) in [6, 6.07) is 3.58. The van der Waals surface area contributed by atoms with E-state index < -0.39 is 0 Å². The van der Waals surface area contributed by atoms with E-state index in [4.69, 9.17) is 10.8 Å². The molecular weight excluding hydrogens is 232 g/mol. The van der Waals surface area contributed by atoms with E-state index in [0.717, 1.165) is 5.56 Å². The second kappa shape index (κ2) is 4.04. The summed E-state index contributed by atoms with van der Waals surface area (Å²) < 4.78 is 0. The lowest BCUT2D eigenvalue weighted by atomic mass is 10.2. The van der Waals surface area contributed by atoms with Gasteiger partial charge in [-0.1, -0.05) is 0 Å². The van der Waals surface area contributed by atoms with Crippen LogP contribution in [-0.2, 0) is 6.61 Å². The van der Waals surface area contributed by atoms with Crippen molar-refractivity contribution in [3.8, 4) is 11.4 Å². The molecule has 18 heavy (non-hydrogen) atoms. The number of aromatic nitrogens is 5. The fourth-order valence-electron chi connectivity index (χ4n) is 1.67. The van der Waals surface area contributed by atoms with Crippen molar-refractivity contribution < 1.29 is 5.11 Å². The quantitative estimate of drug-likeness (QED) is 0.602. The number of aromatic amines is 1. The Morgan fingerprint density at radius 2 is 1.94 bits per heavy atom. The van der Waals surface area contributed by atoms with E-state index in [1.54, 1.807) is 24.5 Å². The molecule has 3 heterocycles. The first-order valence-corrected chi connectivity index (χ1v) is 5.31. The molecule has 4 N–H and O–H groups in total. The number of aliphatic hydroxyl groups excluding tert-OH is 1. The van der Waals surface area contributed by atoms with Crippen LogP contribution >= 0.6 is 0 Å². The summed E-state index contributed by atoms with van der Waals surface area (Å²) in [4.78, 5) is 19.4. The number of nitrogens with two attached hydrogens (primary N) is 1. The van der Waals surface area contributed by atoms with Gasteiger partial charge in [-0.3, -0.25) is 4.98 Å². The molecule has 0 spiro atoms. The van der Waals surface area contributed by atoms with Gasteiger partial charge in [0.05, 0.1) is 0 Å². The summed E-state index contributed by atoms with van der Waals surface area (Å²) in [6.07, 6.45) is 3.31. The number of nitrogens with one attached hydrogen (secondary N) is 1. The Hall–Kier alpha value is -2.54. The molecule has 0 radical (unpaired) electrons. The first kappa shape index (κ1) is 10.6. The van der Waals surface area contributed by atoms with Crippen LogP contribution in [0.4, 0.5) is 5.82 Å². The Kier molecular flexibility index (Phi) is 2.38. The molecule has 0 fully saturated rings. The zero-order valence-electron chi connectivity index (χ0n) is 9.33. The van der Waals surface area contributed by atoms with Crippen LogP contribution in [0.25, 0.3) is 22.6 Å². The van der Waals surface area contributed by atoms with Crippen LogP contribution in [0.5, 0.6) is 0 Å². The molecule has 0 aliphatic carbocycles. The Labute approximate surface area is 102 Å². The van der Waals surface area contributed by atoms with Crippen LogP contribution in [0.3, 0.4) is 0 Å². The Bertz CT molecular complexity index is 693. The van der Waals surface area contributed by atoms with Crippen molar-refractivity contribution in [2.24, 2.45) is 0 Å². The van der Waals surface area contributed by atoms with Gasteiger partial charge in [0.1, 0.15) is 17.9 Å². The maximum atomic E-state index is 9.02. The topological polar surface area (TPSA) is 114 Å². The van der Waals surface area contributed by atoms with E-state index in [0.29, 0.717) is 28.6 Å². The van der Waals surface area contributed by atoms with Crippen molar-refractivity contribution in [2.75, 3.05) is 5.73 Å². The summed E-state index contributed by atoms with van der Waals surface area (Å²) >= 11 is 0. The van der Waals surface area contributed by atoms with Gasteiger partial charge in [-0.05, 0) is 12.1 Å². The molecule has 3 rings (SSSR count). The molecule has 0 bridgehead atoms. The standard InChI is InChI=1S/C11H10N6O/c12-9-8-11(15-7(5-18)14-8)17-10(16-9)6-1-3-13-4-2-6/h1-4,18H,5H2,(H3,12,14,15,16,17). The normalized spacial score (nSPS) is 10.9. The lowest BCUT2D eigenvalue weighted by Crippen LogP contribution is -1.97. The Morgan fingerprint density at radius 3 is 2.67 bits per heavy atom. The molecule has 0 amide bonds. The first-order valence-electron chi connectivity index (χ1n) is 5.31. The third-order valence-corrected chi connectivity index (χ3v) is 2.52. The molecule has 0 aliphatic rings. The molecule has 7 heteroatoms. The fraction of sp³-hybridized carbons (Fsp3) is 0.0909. The van der Waals surface area contributed by atoms with E-state index in [9.17, 15) is 0 Å². The first-order chi connectivity index (χ1) is 8.78. The molecule has 0 aliphatic heterocycles. The predicted octanol–water partition coefficient (Wildman–Crippen LogP) is 0.489. The SMILES string of the molecule is Nc1nc(-c2ccncc2)nc2nc(CO)[nH]c12. The fourth-order valence-corrected chi connectivity index (χ4v) is 1.67. The van der Waals surface area contributed by atoms with Crippen molar-refractivity contribution >= 4 is 17.0 Å². The van der Waals surface area contributed by atoms with Crippen LogP contribution in [0.2, 0.25) is 0 Å². The van der Waals surface area contributed by atoms with E-state index in [2.05, 4.69) is 24.9 Å². The van der Waals surface area contributed by atoms with Gasteiger partial charge in [0.15, 0.2) is 17.3 Å². The smallest absolute Gasteiger partial charge is 0.183 e. The van der Waals surface area contributed by atoms with Crippen LogP contribution in [0.15, 0.2) is 24.5 Å². The number of anilines is 1. The summed E-state index contributed by atoms with van der Waals surface area (Å²) in [6.45, 7) is -0.194. The monoisotopic (exact) mass is 242 g/mol. The number of hydrogen-bond donors (Lipinski definition) is 3. The molecule has 0 saturated carbocycles. The number of imidazole rings is 1. The Balaban J connectivity index is 2.21. The van der Waals surface area contributed by atoms with E-state index in [-0.39, 0.29) is 6.61 Å². The van der Waals surface area contributed by atoms with Gasteiger partial charge in [0.25, 0.3) is 0 Å². The van der Waals surface area contributed by atoms with E-state index >= 15 is 0 Å². The number of pyridine rings is 1. The summed E-state index contributed by atoms with van der Waals surface area (Å²) in [5, 5.41) is 9.02. The van der Waals surface area contributed by atoms with Crippen molar-refractivity contribution in [3.05, 3.63) is 30.4 Å². The van der Waals surface area contributed by atoms with Crippen molar-refractivity contribution in [1.29, 1.82) is 0 Å². The summed E-state index contributed by atoms with van der Waals surface area (Å²) in [7, 11) is 0. The number of nitrogens with zero attached hydrogens (tertiary/aromatic N) is 4. The Morgan fingerprint density at radius 1 is 1.17 bits per heavy atom. The largest absolute Gasteiger partial charge is 0.388 e. The minimum atomic E-state index is -0.194. The van der Waals surface area contributed by atoms with Gasteiger partial charge in [-0.2, -0.15) is 0 Å². The molecule has 90 valence electrons. The second-order valence-electron chi connectivity index (χ2n) is 3.71. The highest BCUT2D eigenvalue weighted by atomic mass is 16.3. The average molecular weight is 242 g/mol. The van der Waals surface area contributed by atoms with Gasteiger partial charge < -0.3 is 15.8 Å². The van der Waals surface area contributed by atoms with Gasteiger partial charge in [-0.15, -0.1) is 0 Å². The van der Waals surface area contributed by atoms with Crippen LogP contribution in [0, 0.1) is 0 Å². The number of H-pyrrole nitrogens is 1. The van der Waals surface area contributed by atoms with Crippen LogP contribution in [0.1, 0.15) is 5.82 Å². The third-order valence-electron chi connectivity index (χ3n) is 2.52. The van der Waals surface area contributed by atoms with Crippen LogP contribution in [-0.4, -0.2) is 30.0 Å². The average Bonchev–Trinajstić information content (AvgIpc) is 2.83. The molecule has 3 aromatic heterocycles. The van der Waals surface area contributed by atoms with Crippen molar-refractivity contribution in [2.45, 2.75) is 6.61 Å². The molecular formula is C11H10N6O. The molecule has 7 nitrogen and oxygen atoms in total. The predicted molar refractivity (Wildman–Crippen MR) is 65.2 cm³/mol. The second-order valence-corrected chi connectivity index (χ2v) is 3.71. The number of fused-ring (bicyclic) bond motifs is 1. The minimum absolute atomic E-state index is 0.194. The van der Waals surface area contributed by atoms with E-state index in [1.807, 2.05) is 0 Å². The van der Waals surface area contributed by atoms with Crippen LogP contribution < -0.4 is 5.73 Å². The van der Waals surface area contributed by atoms with Gasteiger partial charge in [0.2, 0.25) is 0 Å². The summed E-state index contributed by atoms with van der Waals surface area (Å²) in [5.74, 6) is 1.20. The number of aliphatic hydroxyl groups is 1. The van der Waals surface area contributed by atoms with E-state index in [1.165, 1.54) is 0 Å². The molecule has 0 atom stereocenters. The minimum Gasteiger partial charge on any atom is -0.388 e. The number of hydrogen-bond acceptors (Lipinski definition) is 6. The number of nitrogen functional groups attached to an aromatic ring is 1. The third kappa shape index (κ3) is 1.66. The summed E-state index contributed by atoms with van der Waals surface area (Å²) in [5.41, 5.74) is 7.64. The highest BCUT2D eigenvalue weighted by Crippen LogP contribution is 2.20. The van der Waals surface area contributed by atoms with Crippen molar-refractivity contribution in [1.82, 2.24) is 24.9 Å². The maximum Gasteiger partial charge on any atom is 0.183 e. The highest BCUT2D eigenvalue weighted by molar-refractivity contribution is 5.83. The molecule has 3 aromatic rings. The van der Waals surface area contributed by atoms with Gasteiger partial charge in [-0.25, -0.2) is 15.0 Å². The zero-order valence-corrected chi connectivity index (χ0v) is 9.33. The maximum absolute atomic E-state index is 9.02. The molecule has 0 unspecified atom stereocenters. The zero-order chi connectivity index (χ0) is 12.5. The molecule has 0 aromatic carbocycles. The van der Waals surface area contributed by atoms with Gasteiger partial charge >= 0.3 is 0 Å². The number of rotatable bonds is 2. The lowest BCUT2D eigenvalue weighted by Gasteiger charge is -2.00. The van der Waals surface area contributed by atoms with Gasteiger partial charge in [0, 0.05) is 18.0 Å². The lowest BCUT2D eigenvalue weighted by molar-refractivity contribution is 0.273. The molecule has 0 saturated heterocycles.